The lowest BCUT2D eigenvalue weighted by molar-refractivity contribution is -0.122. The van der Waals surface area contributed by atoms with Crippen molar-refractivity contribution in [1.29, 1.82) is 0 Å². The van der Waals surface area contributed by atoms with Crippen molar-refractivity contribution >= 4 is 75.4 Å². The molecule has 3 heterocycles. The molecule has 0 bridgehead atoms. The maximum absolute atomic E-state index is 13.9. The third-order valence-electron chi connectivity index (χ3n) is 6.79. The Morgan fingerprint density at radius 3 is 2.15 bits per heavy atom. The number of hydrogen-bond acceptors (Lipinski definition) is 6. The molecule has 0 radical (unpaired) electrons. The molecule has 6 rings (SSSR count). The maximum atomic E-state index is 13.9. The lowest BCUT2D eigenvalue weighted by Crippen LogP contribution is -2.33. The average Bonchev–Trinajstić information content (AvgIpc) is 3.37. The monoisotopic (exact) mass is 613 g/mol. The van der Waals surface area contributed by atoms with E-state index in [-0.39, 0.29) is 17.3 Å². The van der Waals surface area contributed by atoms with E-state index in [1.54, 1.807) is 48.5 Å². The summed E-state index contributed by atoms with van der Waals surface area (Å²) in [6, 6.07) is 18.7. The van der Waals surface area contributed by atoms with Crippen LogP contribution in [0.2, 0.25) is 10.0 Å². The van der Waals surface area contributed by atoms with E-state index < -0.39 is 34.7 Å². The molecular weight excluding hydrogens is 596 g/mol. The van der Waals surface area contributed by atoms with Gasteiger partial charge in [0.2, 0.25) is 17.7 Å². The van der Waals surface area contributed by atoms with Crippen LogP contribution in [0, 0.1) is 11.7 Å². The van der Waals surface area contributed by atoms with Gasteiger partial charge in [-0.25, -0.2) is 9.29 Å². The van der Waals surface area contributed by atoms with E-state index >= 15 is 0 Å². The van der Waals surface area contributed by atoms with Crippen LogP contribution in [-0.4, -0.2) is 27.5 Å². The summed E-state index contributed by atoms with van der Waals surface area (Å²) in [5.74, 6) is -3.10. The molecule has 3 amide bonds. The first-order chi connectivity index (χ1) is 19.2. The van der Waals surface area contributed by atoms with E-state index in [1.807, 2.05) is 0 Å². The highest BCUT2D eigenvalue weighted by atomic mass is 35.5. The van der Waals surface area contributed by atoms with Crippen LogP contribution in [0.3, 0.4) is 0 Å². The minimum Gasteiger partial charge on any atom is -0.325 e. The first-order valence-electron chi connectivity index (χ1n) is 12.1. The summed E-state index contributed by atoms with van der Waals surface area (Å²) in [4.78, 5) is 55.0. The van der Waals surface area contributed by atoms with Gasteiger partial charge in [0.1, 0.15) is 17.6 Å². The average molecular weight is 615 g/mol. The van der Waals surface area contributed by atoms with Crippen molar-refractivity contribution < 1.29 is 18.8 Å². The van der Waals surface area contributed by atoms with Crippen molar-refractivity contribution in [3.05, 3.63) is 109 Å². The highest BCUT2D eigenvalue weighted by Crippen LogP contribution is 2.54. The number of carbonyl (C=O) groups is 3. The van der Waals surface area contributed by atoms with Gasteiger partial charge in [-0.3, -0.25) is 23.7 Å². The molecule has 1 fully saturated rings. The Kier molecular flexibility index (Phi) is 7.03. The molecule has 2 aliphatic rings. The molecule has 1 saturated heterocycles. The number of halogens is 3. The smallest absolute Gasteiger partial charge is 0.308 e. The molecule has 1 aromatic heterocycles. The number of hydrogen-bond donors (Lipinski definition) is 1. The number of anilines is 2. The number of nitrogens with zero attached hydrogens (tertiary/aromatic N) is 2. The first-order valence-corrected chi connectivity index (χ1v) is 14.5. The molecular formula is C28H18Cl2FN3O4S2. The lowest BCUT2D eigenvalue weighted by Gasteiger charge is -2.30. The number of benzene rings is 3. The van der Waals surface area contributed by atoms with Crippen molar-refractivity contribution in [3.63, 3.8) is 0 Å². The maximum Gasteiger partial charge on any atom is 0.308 e. The van der Waals surface area contributed by atoms with E-state index in [0.29, 0.717) is 31.3 Å². The van der Waals surface area contributed by atoms with Crippen LogP contribution in [0.25, 0.3) is 0 Å². The predicted octanol–water partition coefficient (Wildman–Crippen LogP) is 5.79. The van der Waals surface area contributed by atoms with Gasteiger partial charge < -0.3 is 5.32 Å². The highest BCUT2D eigenvalue weighted by Gasteiger charge is 2.56. The second-order valence-corrected chi connectivity index (χ2v) is 12.3. The molecule has 3 aromatic carbocycles. The summed E-state index contributed by atoms with van der Waals surface area (Å²) in [7, 11) is 0. The summed E-state index contributed by atoms with van der Waals surface area (Å²) >= 11 is 14.2. The van der Waals surface area contributed by atoms with Gasteiger partial charge in [0, 0.05) is 26.5 Å². The van der Waals surface area contributed by atoms with Crippen LogP contribution in [0.1, 0.15) is 16.4 Å². The number of amides is 3. The topological polar surface area (TPSA) is 88.5 Å². The number of carbonyl (C=O) groups excluding carboxylic acids is 3. The second kappa shape index (κ2) is 10.5. The largest absolute Gasteiger partial charge is 0.325 e. The molecule has 2 aliphatic heterocycles. The first kappa shape index (κ1) is 26.8. The van der Waals surface area contributed by atoms with Gasteiger partial charge in [-0.15, -0.1) is 0 Å². The van der Waals surface area contributed by atoms with Crippen LogP contribution >= 0.6 is 46.3 Å². The Bertz CT molecular complexity index is 1710. The molecule has 3 atom stereocenters. The van der Waals surface area contributed by atoms with Crippen LogP contribution in [0.4, 0.5) is 15.8 Å². The fourth-order valence-electron chi connectivity index (χ4n) is 5.01. The molecule has 0 spiro atoms. The van der Waals surface area contributed by atoms with Gasteiger partial charge in [-0.2, -0.15) is 0 Å². The van der Waals surface area contributed by atoms with Gasteiger partial charge in [-0.1, -0.05) is 58.4 Å². The van der Waals surface area contributed by atoms with Crippen molar-refractivity contribution in [2.45, 2.75) is 22.7 Å². The van der Waals surface area contributed by atoms with Crippen LogP contribution < -0.4 is 15.1 Å². The Morgan fingerprint density at radius 1 is 0.875 bits per heavy atom. The summed E-state index contributed by atoms with van der Waals surface area (Å²) < 4.78 is 14.6. The zero-order valence-electron chi connectivity index (χ0n) is 20.3. The van der Waals surface area contributed by atoms with Gasteiger partial charge >= 0.3 is 4.87 Å². The summed E-state index contributed by atoms with van der Waals surface area (Å²) in [6.07, 6.45) is 0. The van der Waals surface area contributed by atoms with Crippen molar-refractivity contribution in [3.8, 4) is 0 Å². The molecule has 40 heavy (non-hydrogen) atoms. The predicted molar refractivity (Wildman–Crippen MR) is 154 cm³/mol. The van der Waals surface area contributed by atoms with Gasteiger partial charge in [0.15, 0.2) is 0 Å². The standard InChI is InChI=1S/C28H18Cl2FN3O4S2/c29-15-3-1-14(2-4-15)21-22-23(26(37)34(25(22)36)19-11-5-16(30)6-12-19)39-27-24(21)40-28(38)33(27)13-20(35)32-18-9-7-17(31)8-10-18/h1-12,21-23H,13H2,(H,32,35)/t21-,22?,23?/m0/s1. The molecule has 7 nitrogen and oxygen atoms in total. The number of rotatable bonds is 5. The van der Waals surface area contributed by atoms with Crippen LogP contribution in [0.15, 0.2) is 82.6 Å². The second-order valence-electron chi connectivity index (χ2n) is 9.26. The number of nitrogens with one attached hydrogen (secondary N) is 1. The minimum absolute atomic E-state index is 0.317. The molecule has 4 aromatic rings. The summed E-state index contributed by atoms with van der Waals surface area (Å²) in [5, 5.41) is 3.28. The van der Waals surface area contributed by atoms with Gasteiger partial charge in [0.05, 0.1) is 16.6 Å². The highest BCUT2D eigenvalue weighted by molar-refractivity contribution is 8.00. The molecule has 12 heteroatoms. The van der Waals surface area contributed by atoms with Crippen LogP contribution in [-0.2, 0) is 20.9 Å². The van der Waals surface area contributed by atoms with Crippen molar-refractivity contribution in [1.82, 2.24) is 4.57 Å². The number of imide groups is 1. The van der Waals surface area contributed by atoms with Gasteiger partial charge in [-0.05, 0) is 66.2 Å². The number of fused-ring (bicyclic) bond motifs is 2. The minimum atomic E-state index is -0.822. The van der Waals surface area contributed by atoms with E-state index in [1.165, 1.54) is 33.7 Å². The normalized spacial score (nSPS) is 19.9. The summed E-state index contributed by atoms with van der Waals surface area (Å²) in [6.45, 7) is -0.317. The molecule has 0 aliphatic carbocycles. The van der Waals surface area contributed by atoms with Crippen LogP contribution in [0.5, 0.6) is 0 Å². The van der Waals surface area contributed by atoms with E-state index in [4.69, 9.17) is 23.2 Å². The Morgan fingerprint density at radius 2 is 1.50 bits per heavy atom. The third kappa shape index (κ3) is 4.75. The fraction of sp³-hybridized carbons (Fsp3) is 0.143. The molecule has 1 N–H and O–H groups in total. The zero-order chi connectivity index (χ0) is 28.1. The molecule has 202 valence electrons. The molecule has 2 unspecified atom stereocenters. The SMILES string of the molecule is O=C(Cn1c2c(sc1=O)[C@@H](c1ccc(Cl)cc1)C1C(=O)N(c3ccc(Cl)cc3)C(=O)C1S2)Nc1ccc(F)cc1. The summed E-state index contributed by atoms with van der Waals surface area (Å²) in [5.41, 5.74) is 1.51. The van der Waals surface area contributed by atoms with E-state index in [9.17, 15) is 23.6 Å². The Balaban J connectivity index is 1.40. The van der Waals surface area contributed by atoms with E-state index in [2.05, 4.69) is 5.32 Å². The zero-order valence-corrected chi connectivity index (χ0v) is 23.5. The van der Waals surface area contributed by atoms with Crippen molar-refractivity contribution in [2.75, 3.05) is 10.2 Å². The molecule has 0 saturated carbocycles. The quantitative estimate of drug-likeness (QED) is 0.288. The van der Waals surface area contributed by atoms with Crippen molar-refractivity contribution in [2.24, 2.45) is 5.92 Å². The Labute approximate surface area is 245 Å². The Hall–Kier alpha value is -3.44. The third-order valence-corrected chi connectivity index (χ3v) is 9.90. The number of aromatic nitrogens is 1. The fourth-order valence-corrected chi connectivity index (χ4v) is 8.03. The number of thiazole rings is 1. The van der Waals surface area contributed by atoms with Gasteiger partial charge in [0.25, 0.3) is 0 Å². The lowest BCUT2D eigenvalue weighted by atomic mass is 9.83. The number of thioether (sulfide) groups is 1. The van der Waals surface area contributed by atoms with E-state index in [0.717, 1.165) is 28.7 Å².